The SMILES string of the molecule is C[C@H](NC(=O)NC1(c2ccc(F)cc2)CCC1)c1nncn1C. The Labute approximate surface area is 134 Å². The van der Waals surface area contributed by atoms with Gasteiger partial charge in [0.2, 0.25) is 0 Å². The minimum absolute atomic E-state index is 0.257. The molecule has 0 radical (unpaired) electrons. The molecule has 1 aromatic carbocycles. The summed E-state index contributed by atoms with van der Waals surface area (Å²) in [6.45, 7) is 1.86. The quantitative estimate of drug-likeness (QED) is 0.909. The van der Waals surface area contributed by atoms with Crippen LogP contribution in [0.4, 0.5) is 9.18 Å². The molecule has 1 aromatic heterocycles. The largest absolute Gasteiger partial charge is 0.329 e. The zero-order valence-electron chi connectivity index (χ0n) is 13.2. The molecule has 2 amide bonds. The Kier molecular flexibility index (Phi) is 4.02. The van der Waals surface area contributed by atoms with E-state index in [4.69, 9.17) is 0 Å². The molecule has 0 aliphatic heterocycles. The fourth-order valence-electron chi connectivity index (χ4n) is 2.98. The summed E-state index contributed by atoms with van der Waals surface area (Å²) in [7, 11) is 1.83. The first-order valence-corrected chi connectivity index (χ1v) is 7.69. The van der Waals surface area contributed by atoms with Gasteiger partial charge < -0.3 is 15.2 Å². The number of aryl methyl sites for hydroxylation is 1. The maximum Gasteiger partial charge on any atom is 0.316 e. The normalized spacial score (nSPS) is 17.2. The van der Waals surface area contributed by atoms with Gasteiger partial charge in [0.1, 0.15) is 12.1 Å². The van der Waals surface area contributed by atoms with E-state index in [1.807, 2.05) is 14.0 Å². The highest BCUT2D eigenvalue weighted by molar-refractivity contribution is 5.75. The first-order valence-electron chi connectivity index (χ1n) is 7.69. The van der Waals surface area contributed by atoms with Crippen molar-refractivity contribution < 1.29 is 9.18 Å². The Morgan fingerprint density at radius 2 is 2.04 bits per heavy atom. The summed E-state index contributed by atoms with van der Waals surface area (Å²) < 4.78 is 14.9. The van der Waals surface area contributed by atoms with Gasteiger partial charge in [0, 0.05) is 7.05 Å². The van der Waals surface area contributed by atoms with E-state index in [0.717, 1.165) is 24.8 Å². The molecule has 0 bridgehead atoms. The first-order chi connectivity index (χ1) is 11.0. The van der Waals surface area contributed by atoms with Gasteiger partial charge in [-0.2, -0.15) is 0 Å². The number of hydrogen-bond donors (Lipinski definition) is 2. The van der Waals surface area contributed by atoms with Crippen LogP contribution in [0.1, 0.15) is 43.6 Å². The second kappa shape index (κ2) is 5.98. The topological polar surface area (TPSA) is 71.8 Å². The lowest BCUT2D eigenvalue weighted by Crippen LogP contribution is -2.54. The maximum absolute atomic E-state index is 13.1. The van der Waals surface area contributed by atoms with E-state index in [2.05, 4.69) is 20.8 Å². The van der Waals surface area contributed by atoms with Gasteiger partial charge in [-0.15, -0.1) is 10.2 Å². The molecule has 23 heavy (non-hydrogen) atoms. The van der Waals surface area contributed by atoms with Crippen LogP contribution in [0.2, 0.25) is 0 Å². The van der Waals surface area contributed by atoms with E-state index in [-0.39, 0.29) is 17.9 Å². The van der Waals surface area contributed by atoms with Crippen molar-refractivity contribution in [1.82, 2.24) is 25.4 Å². The number of nitrogens with one attached hydrogen (secondary N) is 2. The van der Waals surface area contributed by atoms with Crippen molar-refractivity contribution in [1.29, 1.82) is 0 Å². The van der Waals surface area contributed by atoms with Gasteiger partial charge in [0.15, 0.2) is 5.82 Å². The highest BCUT2D eigenvalue weighted by Gasteiger charge is 2.40. The van der Waals surface area contributed by atoms with Crippen molar-refractivity contribution in [3.05, 3.63) is 47.8 Å². The van der Waals surface area contributed by atoms with Gasteiger partial charge in [0.25, 0.3) is 0 Å². The van der Waals surface area contributed by atoms with Crippen molar-refractivity contribution in [3.8, 4) is 0 Å². The molecule has 122 valence electrons. The molecule has 0 spiro atoms. The predicted octanol–water partition coefficient (Wildman–Crippen LogP) is 2.39. The predicted molar refractivity (Wildman–Crippen MR) is 83.0 cm³/mol. The standard InChI is InChI=1S/C16H20FN5O/c1-11(14-21-18-10-22(14)2)19-15(23)20-16(8-3-9-16)12-4-6-13(17)7-5-12/h4-7,10-11H,3,8-9H2,1-2H3,(H2,19,20,23)/t11-/m0/s1. The Hall–Kier alpha value is -2.44. The monoisotopic (exact) mass is 317 g/mol. The fourth-order valence-corrected chi connectivity index (χ4v) is 2.98. The van der Waals surface area contributed by atoms with Crippen LogP contribution in [0.5, 0.6) is 0 Å². The van der Waals surface area contributed by atoms with Crippen LogP contribution in [0.3, 0.4) is 0 Å². The Balaban J connectivity index is 1.68. The average molecular weight is 317 g/mol. The molecular weight excluding hydrogens is 297 g/mol. The van der Waals surface area contributed by atoms with Gasteiger partial charge in [-0.3, -0.25) is 0 Å². The second-order valence-corrected chi connectivity index (χ2v) is 6.06. The van der Waals surface area contributed by atoms with Crippen LogP contribution in [-0.4, -0.2) is 20.8 Å². The lowest BCUT2D eigenvalue weighted by atomic mass is 9.72. The van der Waals surface area contributed by atoms with E-state index in [1.165, 1.54) is 12.1 Å². The average Bonchev–Trinajstić information content (AvgIpc) is 2.90. The van der Waals surface area contributed by atoms with Gasteiger partial charge >= 0.3 is 6.03 Å². The van der Waals surface area contributed by atoms with E-state index >= 15 is 0 Å². The number of nitrogens with zero attached hydrogens (tertiary/aromatic N) is 3. The van der Waals surface area contributed by atoms with E-state index in [1.54, 1.807) is 23.0 Å². The number of aromatic nitrogens is 3. The molecule has 2 N–H and O–H groups in total. The molecule has 1 aliphatic carbocycles. The van der Waals surface area contributed by atoms with Crippen molar-refractivity contribution in [3.63, 3.8) is 0 Å². The summed E-state index contributed by atoms with van der Waals surface area (Å²) in [6, 6.07) is 5.81. The number of hydrogen-bond acceptors (Lipinski definition) is 3. The van der Waals surface area contributed by atoms with Crippen LogP contribution in [0.25, 0.3) is 0 Å². The van der Waals surface area contributed by atoms with E-state index in [0.29, 0.717) is 5.82 Å². The number of benzene rings is 1. The zero-order chi connectivity index (χ0) is 16.4. The van der Waals surface area contributed by atoms with E-state index < -0.39 is 5.54 Å². The summed E-state index contributed by atoms with van der Waals surface area (Å²) >= 11 is 0. The molecule has 1 aliphatic rings. The van der Waals surface area contributed by atoms with E-state index in [9.17, 15) is 9.18 Å². The third kappa shape index (κ3) is 3.04. The number of carbonyl (C=O) groups is 1. The van der Waals surface area contributed by atoms with Gasteiger partial charge in [-0.25, -0.2) is 9.18 Å². The number of amides is 2. The summed E-state index contributed by atoms with van der Waals surface area (Å²) in [5.74, 6) is 0.410. The van der Waals surface area contributed by atoms with Crippen molar-refractivity contribution >= 4 is 6.03 Å². The van der Waals surface area contributed by atoms with Gasteiger partial charge in [-0.1, -0.05) is 12.1 Å². The van der Waals surface area contributed by atoms with Crippen LogP contribution < -0.4 is 10.6 Å². The van der Waals surface area contributed by atoms with Crippen LogP contribution >= 0.6 is 0 Å². The smallest absolute Gasteiger partial charge is 0.316 e. The molecule has 1 saturated carbocycles. The molecule has 1 fully saturated rings. The van der Waals surface area contributed by atoms with Gasteiger partial charge in [0.05, 0.1) is 11.6 Å². The molecule has 0 unspecified atom stereocenters. The number of halogens is 1. The van der Waals surface area contributed by atoms with Crippen LogP contribution in [0, 0.1) is 5.82 Å². The molecule has 6 nitrogen and oxygen atoms in total. The summed E-state index contributed by atoms with van der Waals surface area (Å²) in [6.07, 6.45) is 4.34. The van der Waals surface area contributed by atoms with Crippen molar-refractivity contribution in [2.45, 2.75) is 37.8 Å². The molecule has 7 heteroatoms. The third-order valence-electron chi connectivity index (χ3n) is 4.44. The van der Waals surface area contributed by atoms with Gasteiger partial charge in [-0.05, 0) is 43.9 Å². The van der Waals surface area contributed by atoms with Crippen LogP contribution in [0.15, 0.2) is 30.6 Å². The molecule has 3 rings (SSSR count). The Morgan fingerprint density at radius 3 is 2.57 bits per heavy atom. The van der Waals surface area contributed by atoms with Crippen LogP contribution in [-0.2, 0) is 12.6 Å². The number of rotatable bonds is 4. The fraction of sp³-hybridized carbons (Fsp3) is 0.438. The summed E-state index contributed by atoms with van der Waals surface area (Å²) in [5.41, 5.74) is 0.531. The molecule has 1 atom stereocenters. The number of urea groups is 1. The molecule has 2 aromatic rings. The first kappa shape index (κ1) is 15.5. The summed E-state index contributed by atoms with van der Waals surface area (Å²) in [4.78, 5) is 12.4. The third-order valence-corrected chi connectivity index (χ3v) is 4.44. The second-order valence-electron chi connectivity index (χ2n) is 6.06. The van der Waals surface area contributed by atoms with Crippen molar-refractivity contribution in [2.24, 2.45) is 7.05 Å². The minimum atomic E-state index is -0.405. The minimum Gasteiger partial charge on any atom is -0.329 e. The lowest BCUT2D eigenvalue weighted by molar-refractivity contribution is 0.175. The Bertz CT molecular complexity index is 693. The lowest BCUT2D eigenvalue weighted by Gasteiger charge is -2.43. The Morgan fingerprint density at radius 1 is 1.35 bits per heavy atom. The molecular formula is C16H20FN5O. The highest BCUT2D eigenvalue weighted by Crippen LogP contribution is 2.41. The highest BCUT2D eigenvalue weighted by atomic mass is 19.1. The maximum atomic E-state index is 13.1. The van der Waals surface area contributed by atoms with Crippen molar-refractivity contribution in [2.75, 3.05) is 0 Å². The number of carbonyl (C=O) groups excluding carboxylic acids is 1. The summed E-state index contributed by atoms with van der Waals surface area (Å²) in [5, 5.41) is 13.7. The molecule has 0 saturated heterocycles. The zero-order valence-corrected chi connectivity index (χ0v) is 13.2. The molecule has 1 heterocycles.